The minimum absolute atomic E-state index is 0.105. The van der Waals surface area contributed by atoms with Gasteiger partial charge in [-0.1, -0.05) is 17.3 Å². The van der Waals surface area contributed by atoms with E-state index in [9.17, 15) is 4.79 Å². The largest absolute Gasteiger partial charge is 0.379 e. The third-order valence-corrected chi connectivity index (χ3v) is 5.49. The Morgan fingerprint density at radius 1 is 1.06 bits per heavy atom. The van der Waals surface area contributed by atoms with Gasteiger partial charge in [-0.25, -0.2) is 15.0 Å². The van der Waals surface area contributed by atoms with E-state index in [2.05, 4.69) is 25.0 Å². The lowest BCUT2D eigenvalue weighted by Gasteiger charge is -2.26. The summed E-state index contributed by atoms with van der Waals surface area (Å²) in [5.41, 5.74) is 2.97. The van der Waals surface area contributed by atoms with E-state index in [-0.39, 0.29) is 11.5 Å². The van der Waals surface area contributed by atoms with Crippen molar-refractivity contribution in [3.05, 3.63) is 71.2 Å². The summed E-state index contributed by atoms with van der Waals surface area (Å²) in [6, 6.07) is 11.2. The van der Waals surface area contributed by atoms with Crippen LogP contribution in [0.1, 0.15) is 11.5 Å². The monoisotopic (exact) mass is 431 g/mol. The second-order valence-corrected chi connectivity index (χ2v) is 7.52. The number of ether oxygens (including phenoxy) is 1. The van der Waals surface area contributed by atoms with Crippen molar-refractivity contribution in [1.82, 2.24) is 29.7 Å². The Bertz CT molecular complexity index is 1240. The second kappa shape index (κ2) is 8.67. The molecule has 0 spiro atoms. The highest BCUT2D eigenvalue weighted by atomic mass is 16.5. The molecule has 0 saturated carbocycles. The third-order valence-electron chi connectivity index (χ3n) is 5.49. The molecule has 1 atom stereocenters. The highest BCUT2D eigenvalue weighted by Gasteiger charge is 2.24. The molecule has 10 nitrogen and oxygen atoms in total. The maximum Gasteiger partial charge on any atom is 0.257 e. The van der Waals surface area contributed by atoms with Gasteiger partial charge in [0.25, 0.3) is 11.4 Å². The first-order valence-electron chi connectivity index (χ1n) is 10.2. The Labute approximate surface area is 183 Å². The van der Waals surface area contributed by atoms with Crippen LogP contribution < -0.4 is 10.5 Å². The summed E-state index contributed by atoms with van der Waals surface area (Å²) in [7, 11) is 1.73. The van der Waals surface area contributed by atoms with Crippen molar-refractivity contribution in [2.45, 2.75) is 5.92 Å². The summed E-state index contributed by atoms with van der Waals surface area (Å²) in [6.07, 6.45) is 4.46. The molecule has 1 fully saturated rings. The van der Waals surface area contributed by atoms with Crippen molar-refractivity contribution in [3.63, 3.8) is 0 Å². The molecule has 5 rings (SSSR count). The molecular formula is C22H21N7O3. The molecule has 1 unspecified atom stereocenters. The molecule has 3 aromatic heterocycles. The SMILES string of the molecule is Cn1c(N2CCOCC(c3ccc(-c4ncno4)cc3)C2)nc(-c2ccncn2)cc1=O. The molecule has 0 aliphatic carbocycles. The van der Waals surface area contributed by atoms with Crippen molar-refractivity contribution in [2.75, 3.05) is 31.2 Å². The van der Waals surface area contributed by atoms with Crippen LogP contribution in [-0.4, -0.2) is 56.0 Å². The number of rotatable bonds is 4. The van der Waals surface area contributed by atoms with Crippen molar-refractivity contribution >= 4 is 5.95 Å². The van der Waals surface area contributed by atoms with Gasteiger partial charge in [0, 0.05) is 43.9 Å². The highest BCUT2D eigenvalue weighted by Crippen LogP contribution is 2.26. The Hall–Kier alpha value is -3.92. The lowest BCUT2D eigenvalue weighted by atomic mass is 9.98. The minimum Gasteiger partial charge on any atom is -0.379 e. The zero-order chi connectivity index (χ0) is 21.9. The highest BCUT2D eigenvalue weighted by molar-refractivity contribution is 5.56. The molecule has 162 valence electrons. The standard InChI is InChI=1S/C22H21N7O3/c1-28-20(30)10-19(18-6-7-23-13-24-18)27-22(28)29-8-9-31-12-17(11-29)15-2-4-16(5-3-15)21-25-14-26-32-21/h2-7,10,13-14,17H,8-9,11-12H2,1H3. The zero-order valence-corrected chi connectivity index (χ0v) is 17.5. The van der Waals surface area contributed by atoms with Gasteiger partial charge in [0.15, 0.2) is 6.33 Å². The van der Waals surface area contributed by atoms with E-state index in [1.807, 2.05) is 24.3 Å². The predicted octanol–water partition coefficient (Wildman–Crippen LogP) is 1.91. The molecule has 0 radical (unpaired) electrons. The Kier molecular flexibility index (Phi) is 5.42. The fraction of sp³-hybridized carbons (Fsp3) is 0.273. The number of aromatic nitrogens is 6. The van der Waals surface area contributed by atoms with Crippen LogP contribution >= 0.6 is 0 Å². The summed E-state index contributed by atoms with van der Waals surface area (Å²) in [5.74, 6) is 1.17. The number of nitrogens with zero attached hydrogens (tertiary/aromatic N) is 7. The van der Waals surface area contributed by atoms with Crippen LogP contribution in [0.2, 0.25) is 0 Å². The van der Waals surface area contributed by atoms with Gasteiger partial charge in [-0.15, -0.1) is 0 Å². The maximum absolute atomic E-state index is 12.7. The summed E-state index contributed by atoms with van der Waals surface area (Å²) >= 11 is 0. The van der Waals surface area contributed by atoms with Crippen LogP contribution in [-0.2, 0) is 11.8 Å². The molecule has 1 aliphatic rings. The first-order chi connectivity index (χ1) is 15.7. The number of anilines is 1. The van der Waals surface area contributed by atoms with Gasteiger partial charge < -0.3 is 14.2 Å². The third kappa shape index (κ3) is 4.00. The van der Waals surface area contributed by atoms with Gasteiger partial charge in [0.2, 0.25) is 5.95 Å². The molecule has 0 amide bonds. The average Bonchev–Trinajstić information content (AvgIpc) is 3.26. The van der Waals surface area contributed by atoms with Gasteiger partial charge in [-0.2, -0.15) is 4.98 Å². The molecule has 4 heterocycles. The molecule has 1 aromatic carbocycles. The van der Waals surface area contributed by atoms with Crippen LogP contribution in [0.4, 0.5) is 5.95 Å². The molecule has 0 bridgehead atoms. The van der Waals surface area contributed by atoms with E-state index in [1.165, 1.54) is 18.7 Å². The van der Waals surface area contributed by atoms with Crippen LogP contribution in [0, 0.1) is 0 Å². The summed E-state index contributed by atoms with van der Waals surface area (Å²) in [6.45, 7) is 2.41. The normalized spacial score (nSPS) is 16.7. The van der Waals surface area contributed by atoms with Crippen LogP contribution in [0.5, 0.6) is 0 Å². The molecule has 4 aromatic rings. The molecule has 10 heteroatoms. The van der Waals surface area contributed by atoms with E-state index < -0.39 is 0 Å². The van der Waals surface area contributed by atoms with E-state index in [1.54, 1.807) is 23.9 Å². The van der Waals surface area contributed by atoms with Crippen molar-refractivity contribution in [3.8, 4) is 22.8 Å². The predicted molar refractivity (Wildman–Crippen MR) is 116 cm³/mol. The first kappa shape index (κ1) is 20.0. The first-order valence-corrected chi connectivity index (χ1v) is 10.2. The van der Waals surface area contributed by atoms with Crippen molar-refractivity contribution in [2.24, 2.45) is 7.05 Å². The average molecular weight is 431 g/mol. The quantitative estimate of drug-likeness (QED) is 0.478. The summed E-state index contributed by atoms with van der Waals surface area (Å²) in [5, 5.41) is 3.66. The van der Waals surface area contributed by atoms with Crippen LogP contribution in [0.3, 0.4) is 0 Å². The lowest BCUT2D eigenvalue weighted by Crippen LogP contribution is -2.35. The topological polar surface area (TPSA) is 112 Å². The smallest absolute Gasteiger partial charge is 0.257 e. The van der Waals surface area contributed by atoms with Gasteiger partial charge >= 0.3 is 0 Å². The molecule has 32 heavy (non-hydrogen) atoms. The summed E-state index contributed by atoms with van der Waals surface area (Å²) in [4.78, 5) is 31.8. The molecule has 1 aliphatic heterocycles. The van der Waals surface area contributed by atoms with Gasteiger partial charge in [-0.05, 0) is 23.8 Å². The van der Waals surface area contributed by atoms with E-state index >= 15 is 0 Å². The number of hydrogen-bond donors (Lipinski definition) is 0. The van der Waals surface area contributed by atoms with Crippen LogP contribution in [0.15, 0.2) is 64.6 Å². The van der Waals surface area contributed by atoms with Crippen molar-refractivity contribution in [1.29, 1.82) is 0 Å². The summed E-state index contributed by atoms with van der Waals surface area (Å²) < 4.78 is 12.6. The van der Waals surface area contributed by atoms with Gasteiger partial charge in [0.05, 0.1) is 24.6 Å². The Balaban J connectivity index is 1.44. The zero-order valence-electron chi connectivity index (χ0n) is 17.5. The molecule has 1 saturated heterocycles. The Morgan fingerprint density at radius 2 is 1.94 bits per heavy atom. The number of benzene rings is 1. The number of hydrogen-bond acceptors (Lipinski definition) is 9. The van der Waals surface area contributed by atoms with E-state index in [4.69, 9.17) is 14.2 Å². The lowest BCUT2D eigenvalue weighted by molar-refractivity contribution is 0.142. The fourth-order valence-electron chi connectivity index (χ4n) is 3.78. The van der Waals surface area contributed by atoms with Gasteiger partial charge in [0.1, 0.15) is 6.33 Å². The molecule has 0 N–H and O–H groups in total. The minimum atomic E-state index is -0.144. The van der Waals surface area contributed by atoms with E-state index in [0.717, 1.165) is 11.1 Å². The van der Waals surface area contributed by atoms with E-state index in [0.29, 0.717) is 49.5 Å². The van der Waals surface area contributed by atoms with Crippen LogP contribution in [0.25, 0.3) is 22.8 Å². The Morgan fingerprint density at radius 3 is 2.69 bits per heavy atom. The molecular weight excluding hydrogens is 410 g/mol. The maximum atomic E-state index is 12.7. The fourth-order valence-corrected chi connectivity index (χ4v) is 3.78. The second-order valence-electron chi connectivity index (χ2n) is 7.52. The van der Waals surface area contributed by atoms with Gasteiger partial charge in [-0.3, -0.25) is 9.36 Å². The van der Waals surface area contributed by atoms with Crippen molar-refractivity contribution < 1.29 is 9.26 Å².